The van der Waals surface area contributed by atoms with Crippen LogP contribution in [0.5, 0.6) is 11.5 Å². The Bertz CT molecular complexity index is 584. The molecular weight excluding hydrogens is 270 g/mol. The van der Waals surface area contributed by atoms with Crippen molar-refractivity contribution in [3.63, 3.8) is 0 Å². The van der Waals surface area contributed by atoms with Crippen molar-refractivity contribution in [1.29, 1.82) is 0 Å². The summed E-state index contributed by atoms with van der Waals surface area (Å²) in [5.74, 6) is 1.67. The second-order valence-electron chi connectivity index (χ2n) is 4.59. The SMILES string of the molecule is NCCc1ccc(Sc2ccc3c(c2)OCCO3)cc1. The highest BCUT2D eigenvalue weighted by Gasteiger charge is 2.12. The van der Waals surface area contributed by atoms with E-state index in [0.717, 1.165) is 22.8 Å². The van der Waals surface area contributed by atoms with Crippen LogP contribution in [0.1, 0.15) is 5.56 Å². The Kier molecular flexibility index (Phi) is 4.14. The molecule has 4 heteroatoms. The highest BCUT2D eigenvalue weighted by Crippen LogP contribution is 2.36. The monoisotopic (exact) mass is 287 g/mol. The number of hydrogen-bond acceptors (Lipinski definition) is 4. The molecule has 0 radical (unpaired) electrons. The molecule has 0 spiro atoms. The molecule has 2 aromatic carbocycles. The van der Waals surface area contributed by atoms with Crippen LogP contribution in [0.3, 0.4) is 0 Å². The summed E-state index contributed by atoms with van der Waals surface area (Å²) in [4.78, 5) is 2.36. The first-order valence-corrected chi connectivity index (χ1v) is 7.53. The molecule has 0 aromatic heterocycles. The van der Waals surface area contributed by atoms with Crippen LogP contribution in [0.25, 0.3) is 0 Å². The number of rotatable bonds is 4. The molecule has 0 amide bonds. The maximum absolute atomic E-state index is 5.60. The Hall–Kier alpha value is -1.65. The number of fused-ring (bicyclic) bond motifs is 1. The quantitative estimate of drug-likeness (QED) is 0.938. The Morgan fingerprint density at radius 2 is 1.60 bits per heavy atom. The standard InChI is InChI=1S/C16H17NO2S/c17-8-7-12-1-3-13(4-2-12)20-14-5-6-15-16(11-14)19-10-9-18-15/h1-6,11H,7-10,17H2. The molecule has 0 saturated carbocycles. The van der Waals surface area contributed by atoms with E-state index in [1.54, 1.807) is 11.8 Å². The fraction of sp³-hybridized carbons (Fsp3) is 0.250. The molecule has 0 fully saturated rings. The number of hydrogen-bond donors (Lipinski definition) is 1. The second kappa shape index (κ2) is 6.20. The van der Waals surface area contributed by atoms with Crippen LogP contribution in [-0.2, 0) is 6.42 Å². The lowest BCUT2D eigenvalue weighted by molar-refractivity contribution is 0.171. The third kappa shape index (κ3) is 3.08. The maximum atomic E-state index is 5.60. The van der Waals surface area contributed by atoms with Gasteiger partial charge in [-0.1, -0.05) is 23.9 Å². The smallest absolute Gasteiger partial charge is 0.162 e. The predicted octanol–water partition coefficient (Wildman–Crippen LogP) is 3.11. The number of nitrogens with two attached hydrogens (primary N) is 1. The summed E-state index contributed by atoms with van der Waals surface area (Å²) in [5.41, 5.74) is 6.83. The molecule has 0 saturated heterocycles. The lowest BCUT2D eigenvalue weighted by Gasteiger charge is -2.18. The van der Waals surface area contributed by atoms with Crippen molar-refractivity contribution >= 4 is 11.8 Å². The average Bonchev–Trinajstić information content (AvgIpc) is 2.49. The largest absolute Gasteiger partial charge is 0.486 e. The number of ether oxygens (including phenoxy) is 2. The molecule has 1 heterocycles. The van der Waals surface area contributed by atoms with Crippen LogP contribution in [0, 0.1) is 0 Å². The Morgan fingerprint density at radius 3 is 2.35 bits per heavy atom. The van der Waals surface area contributed by atoms with E-state index in [9.17, 15) is 0 Å². The van der Waals surface area contributed by atoms with E-state index in [1.807, 2.05) is 12.1 Å². The van der Waals surface area contributed by atoms with Crippen LogP contribution in [0.4, 0.5) is 0 Å². The number of benzene rings is 2. The van der Waals surface area contributed by atoms with Crippen LogP contribution >= 0.6 is 11.8 Å². The Labute approximate surface area is 123 Å². The molecule has 0 atom stereocenters. The highest BCUT2D eigenvalue weighted by atomic mass is 32.2. The molecule has 0 aliphatic carbocycles. The van der Waals surface area contributed by atoms with E-state index in [2.05, 4.69) is 30.3 Å². The second-order valence-corrected chi connectivity index (χ2v) is 5.74. The molecule has 1 aliphatic heterocycles. The van der Waals surface area contributed by atoms with Gasteiger partial charge in [-0.25, -0.2) is 0 Å². The minimum atomic E-state index is 0.620. The summed E-state index contributed by atoms with van der Waals surface area (Å²) in [5, 5.41) is 0. The molecule has 1 aliphatic rings. The third-order valence-corrected chi connectivity index (χ3v) is 4.10. The van der Waals surface area contributed by atoms with Gasteiger partial charge < -0.3 is 15.2 Å². The molecular formula is C16H17NO2S. The summed E-state index contributed by atoms with van der Waals surface area (Å²) in [6, 6.07) is 14.6. The van der Waals surface area contributed by atoms with Gasteiger partial charge in [0.2, 0.25) is 0 Å². The van der Waals surface area contributed by atoms with E-state index < -0.39 is 0 Å². The van der Waals surface area contributed by atoms with E-state index >= 15 is 0 Å². The van der Waals surface area contributed by atoms with Crippen molar-refractivity contribution < 1.29 is 9.47 Å². The first-order valence-electron chi connectivity index (χ1n) is 6.72. The zero-order valence-electron chi connectivity index (χ0n) is 11.2. The minimum absolute atomic E-state index is 0.620. The van der Waals surface area contributed by atoms with Gasteiger partial charge in [-0.2, -0.15) is 0 Å². The van der Waals surface area contributed by atoms with Crippen molar-refractivity contribution in [2.24, 2.45) is 5.73 Å². The van der Waals surface area contributed by atoms with Gasteiger partial charge in [0.15, 0.2) is 11.5 Å². The molecule has 2 aromatic rings. The lowest BCUT2D eigenvalue weighted by Crippen LogP contribution is -2.15. The van der Waals surface area contributed by atoms with Crippen LogP contribution < -0.4 is 15.2 Å². The normalized spacial score (nSPS) is 13.2. The van der Waals surface area contributed by atoms with Crippen LogP contribution in [0.2, 0.25) is 0 Å². The predicted molar refractivity (Wildman–Crippen MR) is 80.8 cm³/mol. The highest BCUT2D eigenvalue weighted by molar-refractivity contribution is 7.99. The first-order chi connectivity index (χ1) is 9.85. The van der Waals surface area contributed by atoms with Crippen LogP contribution in [0.15, 0.2) is 52.3 Å². The first kappa shape index (κ1) is 13.3. The summed E-state index contributed by atoms with van der Waals surface area (Å²) >= 11 is 1.72. The van der Waals surface area contributed by atoms with Crippen molar-refractivity contribution in [3.05, 3.63) is 48.0 Å². The van der Waals surface area contributed by atoms with Crippen molar-refractivity contribution in [1.82, 2.24) is 0 Å². The van der Waals surface area contributed by atoms with Gasteiger partial charge in [0.05, 0.1) is 0 Å². The van der Waals surface area contributed by atoms with Gasteiger partial charge in [-0.3, -0.25) is 0 Å². The topological polar surface area (TPSA) is 44.5 Å². The zero-order chi connectivity index (χ0) is 13.8. The molecule has 20 heavy (non-hydrogen) atoms. The van der Waals surface area contributed by atoms with E-state index in [-0.39, 0.29) is 0 Å². The summed E-state index contributed by atoms with van der Waals surface area (Å²) < 4.78 is 11.1. The minimum Gasteiger partial charge on any atom is -0.486 e. The van der Waals surface area contributed by atoms with Crippen LogP contribution in [-0.4, -0.2) is 19.8 Å². The zero-order valence-corrected chi connectivity index (χ0v) is 12.0. The summed E-state index contributed by atoms with van der Waals surface area (Å²) in [6.07, 6.45) is 0.926. The van der Waals surface area contributed by atoms with Gasteiger partial charge in [-0.05, 0) is 48.9 Å². The lowest BCUT2D eigenvalue weighted by atomic mass is 10.2. The van der Waals surface area contributed by atoms with Gasteiger partial charge >= 0.3 is 0 Å². The molecule has 3 nitrogen and oxygen atoms in total. The summed E-state index contributed by atoms with van der Waals surface area (Å²) in [7, 11) is 0. The molecule has 0 unspecified atom stereocenters. The molecule has 2 N–H and O–H groups in total. The molecule has 0 bridgehead atoms. The van der Waals surface area contributed by atoms with Crippen molar-refractivity contribution in [3.8, 4) is 11.5 Å². The Morgan fingerprint density at radius 1 is 0.900 bits per heavy atom. The molecule has 104 valence electrons. The van der Waals surface area contributed by atoms with Crippen molar-refractivity contribution in [2.75, 3.05) is 19.8 Å². The fourth-order valence-electron chi connectivity index (χ4n) is 2.11. The van der Waals surface area contributed by atoms with Gasteiger partial charge in [-0.15, -0.1) is 0 Å². The van der Waals surface area contributed by atoms with Gasteiger partial charge in [0, 0.05) is 9.79 Å². The average molecular weight is 287 g/mol. The summed E-state index contributed by atoms with van der Waals surface area (Å²) in [6.45, 7) is 1.94. The van der Waals surface area contributed by atoms with Crippen molar-refractivity contribution in [2.45, 2.75) is 16.2 Å². The molecule has 3 rings (SSSR count). The van der Waals surface area contributed by atoms with Gasteiger partial charge in [0.1, 0.15) is 13.2 Å². The van der Waals surface area contributed by atoms with Gasteiger partial charge in [0.25, 0.3) is 0 Å². The fourth-order valence-corrected chi connectivity index (χ4v) is 2.96. The van der Waals surface area contributed by atoms with E-state index in [4.69, 9.17) is 15.2 Å². The maximum Gasteiger partial charge on any atom is 0.162 e. The van der Waals surface area contributed by atoms with E-state index in [1.165, 1.54) is 10.5 Å². The Balaban J connectivity index is 1.73. The third-order valence-electron chi connectivity index (χ3n) is 3.11. The van der Waals surface area contributed by atoms with E-state index in [0.29, 0.717) is 19.8 Å².